The quantitative estimate of drug-likeness (QED) is 0.469. The summed E-state index contributed by atoms with van der Waals surface area (Å²) in [7, 11) is -2.59. The molecule has 0 aliphatic carbocycles. The Labute approximate surface area is 194 Å². The average molecular weight is 445 g/mol. The molecule has 0 saturated heterocycles. The lowest BCUT2D eigenvalue weighted by atomic mass is 9.97. The zero-order valence-corrected chi connectivity index (χ0v) is 21.2. The van der Waals surface area contributed by atoms with E-state index in [0.717, 1.165) is 5.56 Å². The Kier molecular flexibility index (Phi) is 7.55. The molecule has 3 heteroatoms. The van der Waals surface area contributed by atoms with E-state index in [-0.39, 0.29) is 5.04 Å². The van der Waals surface area contributed by atoms with Crippen LogP contribution >= 0.6 is 0 Å². The van der Waals surface area contributed by atoms with E-state index < -0.39 is 14.4 Å². The average Bonchev–Trinajstić information content (AvgIpc) is 2.76. The van der Waals surface area contributed by atoms with Crippen molar-refractivity contribution in [1.82, 2.24) is 0 Å². The minimum Gasteiger partial charge on any atom is -0.403 e. The fourth-order valence-electron chi connectivity index (χ4n) is 4.50. The Morgan fingerprint density at radius 3 is 1.88 bits per heavy atom. The lowest BCUT2D eigenvalue weighted by Crippen LogP contribution is -2.66. The molecule has 3 aromatic rings. The third kappa shape index (κ3) is 4.96. The predicted molar refractivity (Wildman–Crippen MR) is 139 cm³/mol. The molecule has 0 aliphatic rings. The van der Waals surface area contributed by atoms with Crippen LogP contribution in [0.15, 0.2) is 78.9 Å². The molecule has 0 heterocycles. The molecule has 1 unspecified atom stereocenters. The van der Waals surface area contributed by atoms with Gasteiger partial charge in [0.1, 0.15) is 0 Å². The topological polar surface area (TPSA) is 29.5 Å². The van der Waals surface area contributed by atoms with Gasteiger partial charge in [-0.2, -0.15) is 0 Å². The summed E-state index contributed by atoms with van der Waals surface area (Å²) in [5.74, 6) is 0. The lowest BCUT2D eigenvalue weighted by Gasteiger charge is -2.43. The van der Waals surface area contributed by atoms with Crippen molar-refractivity contribution in [2.45, 2.75) is 59.3 Å². The first kappa shape index (κ1) is 24.2. The van der Waals surface area contributed by atoms with Crippen LogP contribution in [0.4, 0.5) is 0 Å². The molecule has 0 aliphatic heterocycles. The highest BCUT2D eigenvalue weighted by Crippen LogP contribution is 2.37. The minimum atomic E-state index is -2.59. The highest BCUT2D eigenvalue weighted by molar-refractivity contribution is 6.99. The van der Waals surface area contributed by atoms with Crippen molar-refractivity contribution in [2.75, 3.05) is 0 Å². The van der Waals surface area contributed by atoms with Gasteiger partial charge in [-0.05, 0) is 58.4 Å². The van der Waals surface area contributed by atoms with Crippen molar-refractivity contribution in [3.8, 4) is 0 Å². The largest absolute Gasteiger partial charge is 0.403 e. The SMILES string of the molecule is Cc1ccc(/C=C\C(C)O)c(C)c1CO[Si](c1ccccc1)(c1ccccc1)C(C)(C)C. The number of hydrogen-bond acceptors (Lipinski definition) is 2. The molecule has 1 atom stereocenters. The van der Waals surface area contributed by atoms with Crippen LogP contribution in [0.25, 0.3) is 6.08 Å². The first-order valence-corrected chi connectivity index (χ1v) is 13.3. The predicted octanol–water partition coefficient (Wildman–Crippen LogP) is 5.77. The summed E-state index contributed by atoms with van der Waals surface area (Å²) in [5, 5.41) is 12.2. The standard InChI is InChI=1S/C29H36O2Si/c1-22-17-19-25(20-18-23(2)30)24(3)28(22)21-31-32(29(4,5)6,26-13-9-7-10-14-26)27-15-11-8-12-16-27/h7-20,23,30H,21H2,1-6H3/b20-18-. The molecule has 0 saturated carbocycles. The van der Waals surface area contributed by atoms with Crippen LogP contribution in [0, 0.1) is 13.8 Å². The monoisotopic (exact) mass is 444 g/mol. The number of aliphatic hydroxyl groups is 1. The van der Waals surface area contributed by atoms with Crippen molar-refractivity contribution in [2.24, 2.45) is 0 Å². The van der Waals surface area contributed by atoms with Crippen molar-refractivity contribution in [3.63, 3.8) is 0 Å². The van der Waals surface area contributed by atoms with Gasteiger partial charge in [-0.25, -0.2) is 0 Å². The molecule has 3 rings (SSSR count). The first-order chi connectivity index (χ1) is 15.2. The summed E-state index contributed by atoms with van der Waals surface area (Å²) in [4.78, 5) is 0. The third-order valence-corrected chi connectivity index (χ3v) is 11.3. The van der Waals surface area contributed by atoms with Gasteiger partial charge in [-0.3, -0.25) is 0 Å². The van der Waals surface area contributed by atoms with Crippen LogP contribution in [0.2, 0.25) is 5.04 Å². The second-order valence-corrected chi connectivity index (χ2v) is 13.9. The molecule has 0 bridgehead atoms. The fourth-order valence-corrected chi connectivity index (χ4v) is 9.01. The van der Waals surface area contributed by atoms with E-state index in [0.29, 0.717) is 6.61 Å². The van der Waals surface area contributed by atoms with Crippen molar-refractivity contribution >= 4 is 24.8 Å². The molecular formula is C29H36O2Si. The minimum absolute atomic E-state index is 0.0542. The van der Waals surface area contributed by atoms with Crippen molar-refractivity contribution < 1.29 is 9.53 Å². The van der Waals surface area contributed by atoms with Gasteiger partial charge in [0.2, 0.25) is 0 Å². The normalized spacial score (nSPS) is 13.5. The number of aryl methyl sites for hydroxylation is 1. The molecular weight excluding hydrogens is 408 g/mol. The molecule has 32 heavy (non-hydrogen) atoms. The van der Waals surface area contributed by atoms with Crippen molar-refractivity contribution in [3.05, 3.63) is 101 Å². The Morgan fingerprint density at radius 2 is 1.41 bits per heavy atom. The van der Waals surface area contributed by atoms with Crippen molar-refractivity contribution in [1.29, 1.82) is 0 Å². The summed E-state index contributed by atoms with van der Waals surface area (Å²) < 4.78 is 7.16. The Balaban J connectivity index is 2.11. The van der Waals surface area contributed by atoms with Crippen LogP contribution in [0.1, 0.15) is 49.9 Å². The zero-order chi connectivity index (χ0) is 23.4. The van der Waals surface area contributed by atoms with Gasteiger partial charge < -0.3 is 9.53 Å². The first-order valence-electron chi connectivity index (χ1n) is 11.4. The van der Waals surface area contributed by atoms with Gasteiger partial charge in [0, 0.05) is 0 Å². The van der Waals surface area contributed by atoms with Crippen LogP contribution in [0.3, 0.4) is 0 Å². The van der Waals surface area contributed by atoms with Crippen LogP contribution in [-0.4, -0.2) is 19.5 Å². The Morgan fingerprint density at radius 1 is 0.875 bits per heavy atom. The Hall–Kier alpha value is -2.46. The van der Waals surface area contributed by atoms with Crippen LogP contribution in [-0.2, 0) is 11.0 Å². The van der Waals surface area contributed by atoms with Gasteiger partial charge in [0.15, 0.2) is 0 Å². The molecule has 168 valence electrons. The maximum atomic E-state index is 9.67. The molecule has 0 radical (unpaired) electrons. The number of benzene rings is 3. The summed E-state index contributed by atoms with van der Waals surface area (Å²) in [6, 6.07) is 25.8. The van der Waals surface area contributed by atoms with E-state index in [9.17, 15) is 5.11 Å². The van der Waals surface area contributed by atoms with E-state index in [1.165, 1.54) is 27.1 Å². The summed E-state index contributed by atoms with van der Waals surface area (Å²) in [5.41, 5.74) is 4.79. The molecule has 3 aromatic carbocycles. The van der Waals surface area contributed by atoms with Gasteiger partial charge >= 0.3 is 0 Å². The van der Waals surface area contributed by atoms with E-state index in [2.05, 4.69) is 107 Å². The molecule has 1 N–H and O–H groups in total. The molecule has 0 fully saturated rings. The van der Waals surface area contributed by atoms with E-state index in [4.69, 9.17) is 4.43 Å². The summed E-state index contributed by atoms with van der Waals surface area (Å²) in [6.07, 6.45) is 3.36. The number of hydrogen-bond donors (Lipinski definition) is 1. The van der Waals surface area contributed by atoms with E-state index in [1.54, 1.807) is 6.92 Å². The zero-order valence-electron chi connectivity index (χ0n) is 20.2. The Bertz CT molecular complexity index is 1010. The van der Waals surface area contributed by atoms with Gasteiger partial charge in [0.25, 0.3) is 8.32 Å². The lowest BCUT2D eigenvalue weighted by molar-refractivity contribution is 0.245. The molecule has 0 spiro atoms. The smallest absolute Gasteiger partial charge is 0.261 e. The maximum Gasteiger partial charge on any atom is 0.261 e. The fraction of sp³-hybridized carbons (Fsp3) is 0.310. The second kappa shape index (κ2) is 9.99. The van der Waals surface area contributed by atoms with Gasteiger partial charge in [0.05, 0.1) is 12.7 Å². The molecule has 0 aromatic heterocycles. The van der Waals surface area contributed by atoms with Crippen LogP contribution in [0.5, 0.6) is 0 Å². The van der Waals surface area contributed by atoms with E-state index >= 15 is 0 Å². The van der Waals surface area contributed by atoms with E-state index in [1.807, 2.05) is 12.2 Å². The highest BCUT2D eigenvalue weighted by Gasteiger charge is 2.50. The third-order valence-electron chi connectivity index (χ3n) is 6.28. The number of rotatable bonds is 7. The van der Waals surface area contributed by atoms with Gasteiger partial charge in [-0.15, -0.1) is 0 Å². The number of aliphatic hydroxyl groups excluding tert-OH is 1. The second-order valence-electron chi connectivity index (χ2n) is 9.63. The maximum absolute atomic E-state index is 9.67. The van der Waals surface area contributed by atoms with Gasteiger partial charge in [-0.1, -0.05) is 106 Å². The molecule has 0 amide bonds. The molecule has 2 nitrogen and oxygen atoms in total. The highest BCUT2D eigenvalue weighted by atomic mass is 28.4. The summed E-state index contributed by atoms with van der Waals surface area (Å²) >= 11 is 0. The van der Waals surface area contributed by atoms with Crippen LogP contribution < -0.4 is 10.4 Å². The summed E-state index contributed by atoms with van der Waals surface area (Å²) in [6.45, 7) is 13.6.